The number of methoxy groups -OCH3 is 1. The first-order valence-electron chi connectivity index (χ1n) is 9.57. The summed E-state index contributed by atoms with van der Waals surface area (Å²) in [6, 6.07) is 11.1. The van der Waals surface area contributed by atoms with Crippen LogP contribution < -0.4 is 13.7 Å². The molecule has 7 nitrogen and oxygen atoms in total. The molecule has 3 rings (SSSR count). The van der Waals surface area contributed by atoms with Crippen molar-refractivity contribution < 1.29 is 36.7 Å². The largest absolute Gasteiger partial charge is 0.508 e. The van der Waals surface area contributed by atoms with Crippen molar-refractivity contribution in [3.8, 4) is 51.0 Å². The van der Waals surface area contributed by atoms with Gasteiger partial charge >= 0.3 is 10.1 Å². The molecular weight excluding hydrogens is 510 g/mol. The van der Waals surface area contributed by atoms with Crippen LogP contribution >= 0.6 is 23.2 Å². The Morgan fingerprint density at radius 1 is 1.03 bits per heavy atom. The highest BCUT2D eigenvalue weighted by atomic mass is 35.5. The Bertz CT molecular complexity index is 1340. The van der Waals surface area contributed by atoms with Gasteiger partial charge in [-0.3, -0.25) is 0 Å². The van der Waals surface area contributed by atoms with Crippen molar-refractivity contribution in [1.29, 1.82) is 0 Å². The quantitative estimate of drug-likeness (QED) is 0.366. The van der Waals surface area contributed by atoms with Crippen molar-refractivity contribution >= 4 is 33.3 Å². The second-order valence-corrected chi connectivity index (χ2v) is 9.55. The van der Waals surface area contributed by atoms with Crippen LogP contribution in [0.4, 0.5) is 4.39 Å². The van der Waals surface area contributed by atoms with Gasteiger partial charge in [-0.05, 0) is 47.5 Å². The maximum Gasteiger partial charge on any atom is 0.306 e. The predicted molar refractivity (Wildman–Crippen MR) is 128 cm³/mol. The topological polar surface area (TPSA) is 102 Å². The lowest BCUT2D eigenvalue weighted by molar-refractivity contribution is 0.341. The number of aromatic hydroxyl groups is 2. The van der Waals surface area contributed by atoms with E-state index in [1.165, 1.54) is 55.7 Å². The van der Waals surface area contributed by atoms with Gasteiger partial charge in [0, 0.05) is 5.56 Å². The third kappa shape index (κ3) is 6.05. The Morgan fingerprint density at radius 2 is 1.68 bits per heavy atom. The van der Waals surface area contributed by atoms with Crippen LogP contribution in [0.3, 0.4) is 0 Å². The summed E-state index contributed by atoms with van der Waals surface area (Å²) >= 11 is 11.0. The molecule has 2 N–H and O–H groups in total. The average Bonchev–Trinajstić information content (AvgIpc) is 2.75. The molecule has 0 aliphatic carbocycles. The lowest BCUT2D eigenvalue weighted by Crippen LogP contribution is -2.08. The summed E-state index contributed by atoms with van der Waals surface area (Å²) in [6.07, 6.45) is 2.16. The van der Waals surface area contributed by atoms with Crippen LogP contribution in [0.5, 0.6) is 28.7 Å². The Labute approximate surface area is 205 Å². The molecule has 0 fully saturated rings. The molecule has 0 bridgehead atoms. The maximum absolute atomic E-state index is 14.7. The highest BCUT2D eigenvalue weighted by molar-refractivity contribution is 7.86. The third-order valence-electron chi connectivity index (χ3n) is 4.55. The van der Waals surface area contributed by atoms with Crippen LogP contribution in [0, 0.1) is 5.82 Å². The monoisotopic (exact) mass is 528 g/mol. The number of hydrogen-bond donors (Lipinski definition) is 2. The Morgan fingerprint density at radius 3 is 2.24 bits per heavy atom. The van der Waals surface area contributed by atoms with Crippen LogP contribution in [0.2, 0.25) is 0 Å². The zero-order valence-corrected chi connectivity index (χ0v) is 20.2. The minimum atomic E-state index is -4.06. The Hall–Kier alpha value is -3.14. The van der Waals surface area contributed by atoms with Crippen LogP contribution in [0.15, 0.2) is 59.1 Å². The number of phenolic OH excluding ortho intramolecular Hbond substituents is 2. The summed E-state index contributed by atoms with van der Waals surface area (Å²) in [5.74, 6) is -1.72. The summed E-state index contributed by atoms with van der Waals surface area (Å²) in [6.45, 7) is -0.0686. The molecule has 0 aliphatic heterocycles. The number of halogens is 3. The van der Waals surface area contributed by atoms with Crippen LogP contribution in [0.1, 0.15) is 0 Å². The third-order valence-corrected chi connectivity index (χ3v) is 5.33. The fourth-order valence-corrected chi connectivity index (χ4v) is 3.72. The second kappa shape index (κ2) is 10.4. The van der Waals surface area contributed by atoms with E-state index >= 15 is 0 Å². The van der Waals surface area contributed by atoms with Gasteiger partial charge in [0.05, 0.1) is 18.9 Å². The average molecular weight is 529 g/mol. The van der Waals surface area contributed by atoms with Gasteiger partial charge in [-0.2, -0.15) is 8.42 Å². The van der Waals surface area contributed by atoms with E-state index in [0.717, 1.165) is 12.3 Å². The molecule has 0 heterocycles. The zero-order chi connectivity index (χ0) is 25.0. The highest BCUT2D eigenvalue weighted by Crippen LogP contribution is 2.50. The fraction of sp³-hybridized carbons (Fsp3) is 0.130. The van der Waals surface area contributed by atoms with Crippen LogP contribution in [-0.4, -0.2) is 38.6 Å². The molecule has 0 unspecified atom stereocenters. The number of benzene rings is 3. The normalized spacial score (nSPS) is 11.1. The predicted octanol–water partition coefficient (Wildman–Crippen LogP) is 5.62. The smallest absolute Gasteiger partial charge is 0.306 e. The molecule has 0 saturated carbocycles. The number of phenols is 2. The van der Waals surface area contributed by atoms with Crippen molar-refractivity contribution in [2.24, 2.45) is 0 Å². The van der Waals surface area contributed by atoms with E-state index in [0.29, 0.717) is 5.56 Å². The van der Waals surface area contributed by atoms with Gasteiger partial charge in [-0.1, -0.05) is 41.4 Å². The molecule has 0 aliphatic rings. The van der Waals surface area contributed by atoms with E-state index in [1.54, 1.807) is 0 Å². The standard InChI is InChI=1S/C23H19Cl2FO7S/c1-31-19-12-16(13-3-6-15(27)7-4-13)23(33-34(2,29)30)22(28)21(19)14-5-8-18(17(26)11-14)32-10-9-20(24)25/h3-9,11-12,27-28H,10H2,1-2H3. The van der Waals surface area contributed by atoms with Crippen LogP contribution in [-0.2, 0) is 10.1 Å². The van der Waals surface area contributed by atoms with Crippen molar-refractivity contribution in [3.05, 3.63) is 64.9 Å². The molecule has 0 radical (unpaired) electrons. The number of rotatable bonds is 8. The van der Waals surface area contributed by atoms with Gasteiger partial charge in [0.1, 0.15) is 22.6 Å². The molecule has 3 aromatic rings. The van der Waals surface area contributed by atoms with Crippen molar-refractivity contribution in [2.45, 2.75) is 0 Å². The van der Waals surface area contributed by atoms with Crippen molar-refractivity contribution in [2.75, 3.05) is 20.0 Å². The zero-order valence-electron chi connectivity index (χ0n) is 17.9. The summed E-state index contributed by atoms with van der Waals surface area (Å²) in [4.78, 5) is 0. The molecule has 0 spiro atoms. The molecule has 180 valence electrons. The SMILES string of the molecule is COc1cc(-c2ccc(O)cc2)c(OS(C)(=O)=O)c(O)c1-c1ccc(OCC=C(Cl)Cl)c(F)c1. The molecule has 3 aromatic carbocycles. The van der Waals surface area contributed by atoms with Gasteiger partial charge in [0.2, 0.25) is 0 Å². The number of ether oxygens (including phenoxy) is 2. The molecule has 0 amide bonds. The van der Waals surface area contributed by atoms with Crippen LogP contribution in [0.25, 0.3) is 22.3 Å². The molecule has 0 atom stereocenters. The van der Waals surface area contributed by atoms with Crippen molar-refractivity contribution in [3.63, 3.8) is 0 Å². The highest BCUT2D eigenvalue weighted by Gasteiger charge is 2.25. The Kier molecular flexibility index (Phi) is 7.81. The molecule has 34 heavy (non-hydrogen) atoms. The summed E-state index contributed by atoms with van der Waals surface area (Å²) in [7, 11) is -2.72. The number of hydrogen-bond acceptors (Lipinski definition) is 7. The Balaban J connectivity index is 2.18. The lowest BCUT2D eigenvalue weighted by Gasteiger charge is -2.18. The van der Waals surface area contributed by atoms with E-state index in [2.05, 4.69) is 0 Å². The summed E-state index contributed by atoms with van der Waals surface area (Å²) in [5, 5.41) is 20.6. The van der Waals surface area contributed by atoms with E-state index in [1.807, 2.05) is 0 Å². The van der Waals surface area contributed by atoms with E-state index in [9.17, 15) is 23.0 Å². The van der Waals surface area contributed by atoms with Gasteiger partial charge in [0.25, 0.3) is 0 Å². The lowest BCUT2D eigenvalue weighted by atomic mass is 9.96. The fourth-order valence-electron chi connectivity index (χ4n) is 3.13. The molecule has 0 aromatic heterocycles. The molecular formula is C23H19Cl2FO7S. The van der Waals surface area contributed by atoms with Gasteiger partial charge < -0.3 is 23.9 Å². The molecule has 0 saturated heterocycles. The first-order chi connectivity index (χ1) is 16.0. The maximum atomic E-state index is 14.7. The van der Waals surface area contributed by atoms with Gasteiger partial charge in [-0.15, -0.1) is 0 Å². The van der Waals surface area contributed by atoms with E-state index < -0.39 is 21.7 Å². The summed E-state index contributed by atoms with van der Waals surface area (Å²) < 4.78 is 54.3. The first-order valence-corrected chi connectivity index (χ1v) is 12.1. The van der Waals surface area contributed by atoms with Crippen molar-refractivity contribution in [1.82, 2.24) is 0 Å². The second-order valence-electron chi connectivity index (χ2n) is 6.96. The molecule has 11 heteroatoms. The van der Waals surface area contributed by atoms with E-state index in [-0.39, 0.29) is 50.8 Å². The van der Waals surface area contributed by atoms with Gasteiger partial charge in [-0.25, -0.2) is 4.39 Å². The minimum Gasteiger partial charge on any atom is -0.508 e. The first kappa shape index (κ1) is 25.5. The van der Waals surface area contributed by atoms with E-state index in [4.69, 9.17) is 36.9 Å². The summed E-state index contributed by atoms with van der Waals surface area (Å²) in [5.41, 5.74) is 0.768. The van der Waals surface area contributed by atoms with Gasteiger partial charge in [0.15, 0.2) is 23.1 Å². The minimum absolute atomic E-state index is 0.00201.